The molecule has 2 heteroatoms. The van der Waals surface area contributed by atoms with Crippen LogP contribution in [-0.2, 0) is 6.54 Å². The van der Waals surface area contributed by atoms with E-state index in [1.807, 2.05) is 18.6 Å². The quantitative estimate of drug-likeness (QED) is 0.776. The highest BCUT2D eigenvalue weighted by Crippen LogP contribution is 2.23. The highest BCUT2D eigenvalue weighted by atomic mass is 15.0. The molecule has 0 amide bonds. The smallest absolute Gasteiger partial charge is 0.0950 e. The lowest BCUT2D eigenvalue weighted by Crippen LogP contribution is -2.10. The highest BCUT2D eigenvalue weighted by Gasteiger charge is 2.11. The zero-order valence-corrected chi connectivity index (χ0v) is 10.9. The molecule has 17 heavy (non-hydrogen) atoms. The van der Waals surface area contributed by atoms with Crippen LogP contribution in [0.25, 0.3) is 11.3 Å². The second-order valence-corrected chi connectivity index (χ2v) is 5.65. The molecule has 0 saturated carbocycles. The van der Waals surface area contributed by atoms with Crippen LogP contribution in [0.15, 0.2) is 42.9 Å². The zero-order chi connectivity index (χ0) is 12.3. The minimum Gasteiger partial charge on any atom is -0.331 e. The lowest BCUT2D eigenvalue weighted by molar-refractivity contribution is 0.351. The summed E-state index contributed by atoms with van der Waals surface area (Å²) >= 11 is 0. The van der Waals surface area contributed by atoms with E-state index in [4.69, 9.17) is 0 Å². The van der Waals surface area contributed by atoms with Gasteiger partial charge in [0.2, 0.25) is 0 Å². The van der Waals surface area contributed by atoms with Gasteiger partial charge in [-0.2, -0.15) is 0 Å². The van der Waals surface area contributed by atoms with E-state index < -0.39 is 0 Å². The van der Waals surface area contributed by atoms with Crippen molar-refractivity contribution in [2.45, 2.75) is 33.7 Å². The Bertz CT molecular complexity index is 463. The molecule has 0 atom stereocenters. The van der Waals surface area contributed by atoms with Crippen molar-refractivity contribution in [1.82, 2.24) is 9.55 Å². The van der Waals surface area contributed by atoms with Crippen molar-refractivity contribution >= 4 is 0 Å². The van der Waals surface area contributed by atoms with E-state index in [1.165, 1.54) is 11.3 Å². The molecule has 0 fully saturated rings. The first-order chi connectivity index (χ1) is 8.06. The van der Waals surface area contributed by atoms with E-state index in [2.05, 4.69) is 54.6 Å². The Labute approximate surface area is 103 Å². The van der Waals surface area contributed by atoms with Gasteiger partial charge in [-0.15, -0.1) is 0 Å². The minimum absolute atomic E-state index is 0.359. The van der Waals surface area contributed by atoms with Gasteiger partial charge >= 0.3 is 0 Å². The molecule has 90 valence electrons. The summed E-state index contributed by atoms with van der Waals surface area (Å²) in [6.45, 7) is 7.83. The fourth-order valence-electron chi connectivity index (χ4n) is 1.80. The Balaban J connectivity index is 2.18. The molecular formula is C15H20N2. The van der Waals surface area contributed by atoms with E-state index in [-0.39, 0.29) is 0 Å². The van der Waals surface area contributed by atoms with Crippen LogP contribution >= 0.6 is 0 Å². The molecule has 0 aliphatic rings. The summed E-state index contributed by atoms with van der Waals surface area (Å²) in [5.74, 6) is 0. The van der Waals surface area contributed by atoms with Crippen LogP contribution < -0.4 is 0 Å². The van der Waals surface area contributed by atoms with Crippen molar-refractivity contribution in [3.8, 4) is 11.3 Å². The zero-order valence-electron chi connectivity index (χ0n) is 10.9. The molecule has 0 N–H and O–H groups in total. The molecule has 0 aliphatic heterocycles. The Morgan fingerprint density at radius 3 is 2.47 bits per heavy atom. The highest BCUT2D eigenvalue weighted by molar-refractivity contribution is 5.58. The van der Waals surface area contributed by atoms with Crippen molar-refractivity contribution in [2.24, 2.45) is 5.41 Å². The molecule has 1 heterocycles. The van der Waals surface area contributed by atoms with E-state index in [0.717, 1.165) is 13.0 Å². The van der Waals surface area contributed by atoms with Crippen LogP contribution in [0.1, 0.15) is 27.2 Å². The van der Waals surface area contributed by atoms with Crippen molar-refractivity contribution < 1.29 is 0 Å². The average molecular weight is 228 g/mol. The van der Waals surface area contributed by atoms with Crippen LogP contribution in [0, 0.1) is 5.41 Å². The number of hydrogen-bond donors (Lipinski definition) is 0. The minimum atomic E-state index is 0.359. The summed E-state index contributed by atoms with van der Waals surface area (Å²) in [6.07, 6.45) is 5.02. The van der Waals surface area contributed by atoms with Crippen LogP contribution in [0.5, 0.6) is 0 Å². The lowest BCUT2D eigenvalue weighted by atomic mass is 9.92. The number of aryl methyl sites for hydroxylation is 1. The van der Waals surface area contributed by atoms with Crippen molar-refractivity contribution in [1.29, 1.82) is 0 Å². The number of rotatable bonds is 3. The van der Waals surface area contributed by atoms with Gasteiger partial charge in [-0.25, -0.2) is 4.98 Å². The molecule has 0 saturated heterocycles. The van der Waals surface area contributed by atoms with Gasteiger partial charge in [0, 0.05) is 6.54 Å². The predicted molar refractivity (Wildman–Crippen MR) is 71.7 cm³/mol. The number of hydrogen-bond acceptors (Lipinski definition) is 1. The molecule has 0 bridgehead atoms. The van der Waals surface area contributed by atoms with Crippen LogP contribution in [0.3, 0.4) is 0 Å². The topological polar surface area (TPSA) is 17.8 Å². The van der Waals surface area contributed by atoms with Crippen molar-refractivity contribution in [3.63, 3.8) is 0 Å². The standard InChI is InChI=1S/C15H20N2/c1-15(2,3)9-10-17-12-16-11-14(17)13-7-5-4-6-8-13/h4-8,11-12H,9-10H2,1-3H3. The molecule has 1 aromatic heterocycles. The summed E-state index contributed by atoms with van der Waals surface area (Å²) in [5, 5.41) is 0. The monoisotopic (exact) mass is 228 g/mol. The summed E-state index contributed by atoms with van der Waals surface area (Å²) < 4.78 is 2.24. The Hall–Kier alpha value is -1.57. The second kappa shape index (κ2) is 4.74. The maximum atomic E-state index is 4.26. The van der Waals surface area contributed by atoms with E-state index in [0.29, 0.717) is 5.41 Å². The van der Waals surface area contributed by atoms with E-state index in [9.17, 15) is 0 Å². The van der Waals surface area contributed by atoms with E-state index in [1.54, 1.807) is 0 Å². The fraction of sp³-hybridized carbons (Fsp3) is 0.400. The van der Waals surface area contributed by atoms with Gasteiger partial charge in [-0.3, -0.25) is 0 Å². The first kappa shape index (κ1) is 11.9. The molecule has 0 radical (unpaired) electrons. The molecule has 0 aliphatic carbocycles. The summed E-state index contributed by atoms with van der Waals surface area (Å²) in [5.41, 5.74) is 2.80. The maximum absolute atomic E-state index is 4.26. The van der Waals surface area contributed by atoms with Crippen LogP contribution in [-0.4, -0.2) is 9.55 Å². The first-order valence-corrected chi connectivity index (χ1v) is 6.12. The molecule has 2 rings (SSSR count). The van der Waals surface area contributed by atoms with Gasteiger partial charge in [0.1, 0.15) is 0 Å². The van der Waals surface area contributed by atoms with Gasteiger partial charge in [-0.1, -0.05) is 51.1 Å². The average Bonchev–Trinajstić information content (AvgIpc) is 2.75. The van der Waals surface area contributed by atoms with Crippen molar-refractivity contribution in [3.05, 3.63) is 42.9 Å². The van der Waals surface area contributed by atoms with Gasteiger partial charge in [0.05, 0.1) is 18.2 Å². The Morgan fingerprint density at radius 2 is 1.82 bits per heavy atom. The molecular weight excluding hydrogens is 208 g/mol. The summed E-state index contributed by atoms with van der Waals surface area (Å²) in [4.78, 5) is 4.26. The largest absolute Gasteiger partial charge is 0.331 e. The fourth-order valence-corrected chi connectivity index (χ4v) is 1.80. The third kappa shape index (κ3) is 3.19. The number of nitrogens with zero attached hydrogens (tertiary/aromatic N) is 2. The van der Waals surface area contributed by atoms with E-state index >= 15 is 0 Å². The molecule has 2 aromatic rings. The van der Waals surface area contributed by atoms with Crippen molar-refractivity contribution in [2.75, 3.05) is 0 Å². The van der Waals surface area contributed by atoms with Crippen LogP contribution in [0.4, 0.5) is 0 Å². The van der Waals surface area contributed by atoms with Gasteiger partial charge in [-0.05, 0) is 17.4 Å². The SMILES string of the molecule is CC(C)(C)CCn1cncc1-c1ccccc1. The third-order valence-electron chi connectivity index (χ3n) is 2.88. The predicted octanol–water partition coefficient (Wildman–Crippen LogP) is 3.99. The Kier molecular flexibility index (Phi) is 3.32. The van der Waals surface area contributed by atoms with Gasteiger partial charge < -0.3 is 4.57 Å². The Morgan fingerprint density at radius 1 is 1.12 bits per heavy atom. The van der Waals surface area contributed by atoms with Gasteiger partial charge in [0.25, 0.3) is 0 Å². The lowest BCUT2D eigenvalue weighted by Gasteiger charge is -2.19. The normalized spacial score (nSPS) is 11.7. The first-order valence-electron chi connectivity index (χ1n) is 6.12. The third-order valence-corrected chi connectivity index (χ3v) is 2.88. The number of imidazole rings is 1. The number of benzene rings is 1. The molecule has 0 unspecified atom stereocenters. The number of aromatic nitrogens is 2. The maximum Gasteiger partial charge on any atom is 0.0950 e. The summed E-state index contributed by atoms with van der Waals surface area (Å²) in [7, 11) is 0. The second-order valence-electron chi connectivity index (χ2n) is 5.65. The molecule has 0 spiro atoms. The summed E-state index contributed by atoms with van der Waals surface area (Å²) in [6, 6.07) is 10.4. The van der Waals surface area contributed by atoms with Crippen LogP contribution in [0.2, 0.25) is 0 Å². The van der Waals surface area contributed by atoms with Gasteiger partial charge in [0.15, 0.2) is 0 Å². The molecule has 1 aromatic carbocycles. The molecule has 2 nitrogen and oxygen atoms in total.